The van der Waals surface area contributed by atoms with Gasteiger partial charge in [0.1, 0.15) is 13.2 Å². The maximum atomic E-state index is 12.7. The molecule has 1 saturated heterocycles. The highest BCUT2D eigenvalue weighted by molar-refractivity contribution is 6.34. The summed E-state index contributed by atoms with van der Waals surface area (Å²) >= 11 is 6.28. The van der Waals surface area contributed by atoms with E-state index in [0.717, 1.165) is 19.6 Å². The fraction of sp³-hybridized carbons (Fsp3) is 0.409. The first-order valence-electron chi connectivity index (χ1n) is 9.85. The highest BCUT2D eigenvalue weighted by Crippen LogP contribution is 2.38. The second kappa shape index (κ2) is 8.61. The van der Waals surface area contributed by atoms with Gasteiger partial charge in [-0.25, -0.2) is 0 Å². The van der Waals surface area contributed by atoms with Crippen LogP contribution in [0.2, 0.25) is 5.02 Å². The molecule has 1 fully saturated rings. The molecule has 0 radical (unpaired) electrons. The average molecular weight is 417 g/mol. The molecule has 2 aromatic rings. The Bertz CT molecular complexity index is 877. The van der Waals surface area contributed by atoms with Gasteiger partial charge in [-0.1, -0.05) is 23.7 Å². The number of carbonyl (C=O) groups excluding carboxylic acids is 1. The molecule has 6 nitrogen and oxygen atoms in total. The molecule has 2 atom stereocenters. The van der Waals surface area contributed by atoms with E-state index in [1.807, 2.05) is 24.3 Å². The lowest BCUT2D eigenvalue weighted by molar-refractivity contribution is -0.0704. The number of ether oxygens (including phenoxy) is 3. The normalized spacial score (nSPS) is 21.6. The summed E-state index contributed by atoms with van der Waals surface area (Å²) in [4.78, 5) is 15.0. The standard InChI is InChI=1S/C22H25ClN2O4/c1-14-11-25(12-15(2)29-14)13-16-3-5-17(6-4-16)22(26)24-19-10-21-20(9-18(19)23)27-7-8-28-21/h3-6,9-10,14-15H,7-8,11-13H2,1-2H3,(H,24,26). The van der Waals surface area contributed by atoms with Gasteiger partial charge in [-0.2, -0.15) is 0 Å². The van der Waals surface area contributed by atoms with Crippen LogP contribution in [0.15, 0.2) is 36.4 Å². The lowest BCUT2D eigenvalue weighted by atomic mass is 10.1. The van der Waals surface area contributed by atoms with Gasteiger partial charge >= 0.3 is 0 Å². The highest BCUT2D eigenvalue weighted by atomic mass is 35.5. The number of nitrogens with one attached hydrogen (secondary N) is 1. The minimum Gasteiger partial charge on any atom is -0.486 e. The SMILES string of the molecule is CC1CN(Cc2ccc(C(=O)Nc3cc4c(cc3Cl)OCCO4)cc2)CC(C)O1. The van der Waals surface area contributed by atoms with E-state index in [-0.39, 0.29) is 18.1 Å². The molecule has 1 amide bonds. The van der Waals surface area contributed by atoms with Gasteiger partial charge < -0.3 is 19.5 Å². The lowest BCUT2D eigenvalue weighted by Crippen LogP contribution is -2.44. The van der Waals surface area contributed by atoms with Crippen LogP contribution in [-0.2, 0) is 11.3 Å². The molecule has 0 aliphatic carbocycles. The van der Waals surface area contributed by atoms with E-state index in [0.29, 0.717) is 41.0 Å². The Morgan fingerprint density at radius 2 is 1.69 bits per heavy atom. The second-order valence-corrected chi connectivity index (χ2v) is 7.99. The summed E-state index contributed by atoms with van der Waals surface area (Å²) in [6.45, 7) is 7.82. The van der Waals surface area contributed by atoms with Gasteiger partial charge in [0, 0.05) is 37.3 Å². The van der Waals surface area contributed by atoms with Crippen LogP contribution in [0.3, 0.4) is 0 Å². The summed E-state index contributed by atoms with van der Waals surface area (Å²) < 4.78 is 16.8. The fourth-order valence-electron chi connectivity index (χ4n) is 3.79. The van der Waals surface area contributed by atoms with Crippen molar-refractivity contribution in [1.82, 2.24) is 4.90 Å². The molecule has 2 heterocycles. The number of nitrogens with zero attached hydrogens (tertiary/aromatic N) is 1. The minimum atomic E-state index is -0.219. The third-order valence-electron chi connectivity index (χ3n) is 5.00. The summed E-state index contributed by atoms with van der Waals surface area (Å²) in [6, 6.07) is 11.0. The van der Waals surface area contributed by atoms with Gasteiger partial charge in [0.15, 0.2) is 11.5 Å². The first-order valence-corrected chi connectivity index (χ1v) is 10.2. The Kier molecular flexibility index (Phi) is 5.94. The molecule has 7 heteroatoms. The van der Waals surface area contributed by atoms with Crippen molar-refractivity contribution < 1.29 is 19.0 Å². The van der Waals surface area contributed by atoms with E-state index in [9.17, 15) is 4.79 Å². The number of carbonyl (C=O) groups is 1. The van der Waals surface area contributed by atoms with Crippen molar-refractivity contribution in [1.29, 1.82) is 0 Å². The molecule has 4 rings (SSSR count). The Morgan fingerprint density at radius 1 is 1.07 bits per heavy atom. The smallest absolute Gasteiger partial charge is 0.255 e. The zero-order chi connectivity index (χ0) is 20.4. The molecule has 0 saturated carbocycles. The minimum absolute atomic E-state index is 0.219. The molecule has 0 bridgehead atoms. The second-order valence-electron chi connectivity index (χ2n) is 7.58. The molecule has 2 aliphatic rings. The predicted octanol–water partition coefficient (Wildman–Crippen LogP) is 3.97. The van der Waals surface area contributed by atoms with Crippen molar-refractivity contribution >= 4 is 23.2 Å². The number of hydrogen-bond donors (Lipinski definition) is 1. The van der Waals surface area contributed by atoms with Crippen molar-refractivity contribution in [3.8, 4) is 11.5 Å². The quantitative estimate of drug-likeness (QED) is 0.817. The van der Waals surface area contributed by atoms with E-state index in [4.69, 9.17) is 25.8 Å². The number of anilines is 1. The van der Waals surface area contributed by atoms with Crippen LogP contribution < -0.4 is 14.8 Å². The third-order valence-corrected chi connectivity index (χ3v) is 5.31. The van der Waals surface area contributed by atoms with Crippen LogP contribution >= 0.6 is 11.6 Å². The molecule has 2 aromatic carbocycles. The van der Waals surface area contributed by atoms with Gasteiger partial charge in [0.05, 0.1) is 22.9 Å². The van der Waals surface area contributed by atoms with Crippen LogP contribution in [0.4, 0.5) is 5.69 Å². The molecule has 29 heavy (non-hydrogen) atoms. The Morgan fingerprint density at radius 3 is 2.34 bits per heavy atom. The highest BCUT2D eigenvalue weighted by Gasteiger charge is 2.22. The van der Waals surface area contributed by atoms with Gasteiger partial charge in [-0.15, -0.1) is 0 Å². The van der Waals surface area contributed by atoms with Crippen molar-refractivity contribution in [3.63, 3.8) is 0 Å². The number of morpholine rings is 1. The Balaban J connectivity index is 1.41. The molecule has 154 valence electrons. The molecule has 0 spiro atoms. The molecule has 2 aliphatic heterocycles. The maximum absolute atomic E-state index is 12.7. The summed E-state index contributed by atoms with van der Waals surface area (Å²) in [5, 5.41) is 3.27. The van der Waals surface area contributed by atoms with E-state index >= 15 is 0 Å². The molecule has 1 N–H and O–H groups in total. The lowest BCUT2D eigenvalue weighted by Gasteiger charge is -2.35. The number of hydrogen-bond acceptors (Lipinski definition) is 5. The monoisotopic (exact) mass is 416 g/mol. The van der Waals surface area contributed by atoms with Crippen molar-refractivity contribution in [3.05, 3.63) is 52.5 Å². The molecule has 0 aromatic heterocycles. The van der Waals surface area contributed by atoms with E-state index in [2.05, 4.69) is 24.1 Å². The van der Waals surface area contributed by atoms with E-state index in [1.165, 1.54) is 5.56 Å². The molecular weight excluding hydrogens is 392 g/mol. The van der Waals surface area contributed by atoms with Gasteiger partial charge in [0.25, 0.3) is 5.91 Å². The predicted molar refractivity (Wildman–Crippen MR) is 112 cm³/mol. The first kappa shape index (κ1) is 20.0. The Labute approximate surface area is 175 Å². The number of rotatable bonds is 4. The largest absolute Gasteiger partial charge is 0.486 e. The Hall–Kier alpha value is -2.28. The number of benzene rings is 2. The number of fused-ring (bicyclic) bond motifs is 1. The summed E-state index contributed by atoms with van der Waals surface area (Å²) in [6.07, 6.45) is 0.471. The zero-order valence-corrected chi connectivity index (χ0v) is 17.4. The molecular formula is C22H25ClN2O4. The summed E-state index contributed by atoms with van der Waals surface area (Å²) in [5.74, 6) is 0.958. The first-order chi connectivity index (χ1) is 14.0. The maximum Gasteiger partial charge on any atom is 0.255 e. The number of halogens is 1. The van der Waals surface area contributed by atoms with Crippen molar-refractivity contribution in [2.75, 3.05) is 31.6 Å². The van der Waals surface area contributed by atoms with Gasteiger partial charge in [0.2, 0.25) is 0 Å². The molecule has 2 unspecified atom stereocenters. The van der Waals surface area contributed by atoms with Gasteiger partial charge in [-0.3, -0.25) is 9.69 Å². The topological polar surface area (TPSA) is 60.0 Å². The van der Waals surface area contributed by atoms with E-state index < -0.39 is 0 Å². The fourth-order valence-corrected chi connectivity index (χ4v) is 3.99. The van der Waals surface area contributed by atoms with Crippen LogP contribution in [-0.4, -0.2) is 49.3 Å². The van der Waals surface area contributed by atoms with Crippen LogP contribution in [0, 0.1) is 0 Å². The van der Waals surface area contributed by atoms with Crippen LogP contribution in [0.1, 0.15) is 29.8 Å². The van der Waals surface area contributed by atoms with Crippen LogP contribution in [0.25, 0.3) is 0 Å². The summed E-state index contributed by atoms with van der Waals surface area (Å²) in [5.41, 5.74) is 2.24. The average Bonchev–Trinajstić information content (AvgIpc) is 2.68. The van der Waals surface area contributed by atoms with Crippen molar-refractivity contribution in [2.24, 2.45) is 0 Å². The van der Waals surface area contributed by atoms with Crippen LogP contribution in [0.5, 0.6) is 11.5 Å². The zero-order valence-electron chi connectivity index (χ0n) is 16.6. The van der Waals surface area contributed by atoms with E-state index in [1.54, 1.807) is 12.1 Å². The summed E-state index contributed by atoms with van der Waals surface area (Å²) in [7, 11) is 0. The van der Waals surface area contributed by atoms with Crippen molar-refractivity contribution in [2.45, 2.75) is 32.6 Å². The van der Waals surface area contributed by atoms with Gasteiger partial charge in [-0.05, 0) is 31.5 Å². The number of amides is 1. The third kappa shape index (κ3) is 4.83.